The van der Waals surface area contributed by atoms with Crippen molar-refractivity contribution in [3.8, 4) is 5.75 Å². The summed E-state index contributed by atoms with van der Waals surface area (Å²) >= 11 is 1.63. The average molecular weight is 355 g/mol. The van der Waals surface area contributed by atoms with E-state index in [9.17, 15) is 4.79 Å². The Kier molecular flexibility index (Phi) is 5.19. The number of nitrogens with one attached hydrogen (secondary N) is 1. The first-order chi connectivity index (χ1) is 12.1. The molecule has 0 aliphatic carbocycles. The van der Waals surface area contributed by atoms with Crippen molar-refractivity contribution in [1.82, 2.24) is 9.88 Å². The van der Waals surface area contributed by atoms with Crippen LogP contribution in [-0.4, -0.2) is 36.5 Å². The van der Waals surface area contributed by atoms with Crippen molar-refractivity contribution >= 4 is 33.1 Å². The van der Waals surface area contributed by atoms with Crippen molar-refractivity contribution in [2.45, 2.75) is 13.0 Å². The number of nitrogens with zero attached hydrogens (tertiary/aromatic N) is 2. The van der Waals surface area contributed by atoms with Gasteiger partial charge in [-0.25, -0.2) is 4.98 Å². The van der Waals surface area contributed by atoms with Crippen LogP contribution in [0.1, 0.15) is 18.0 Å². The van der Waals surface area contributed by atoms with Gasteiger partial charge in [0.25, 0.3) is 0 Å². The Balaban J connectivity index is 1.67. The summed E-state index contributed by atoms with van der Waals surface area (Å²) in [7, 11) is 3.42. The highest BCUT2D eigenvalue weighted by molar-refractivity contribution is 7.18. The first-order valence-electron chi connectivity index (χ1n) is 8.08. The van der Waals surface area contributed by atoms with Gasteiger partial charge in [-0.2, -0.15) is 0 Å². The molecule has 2 aromatic carbocycles. The van der Waals surface area contributed by atoms with Gasteiger partial charge in [-0.05, 0) is 31.2 Å². The van der Waals surface area contributed by atoms with Crippen LogP contribution < -0.4 is 10.1 Å². The third-order valence-electron chi connectivity index (χ3n) is 4.18. The summed E-state index contributed by atoms with van der Waals surface area (Å²) in [6.45, 7) is 2.20. The molecule has 3 rings (SSSR count). The van der Waals surface area contributed by atoms with Crippen molar-refractivity contribution in [1.29, 1.82) is 0 Å². The summed E-state index contributed by atoms with van der Waals surface area (Å²) in [5.41, 5.74) is 1.78. The van der Waals surface area contributed by atoms with Gasteiger partial charge >= 0.3 is 0 Å². The molecule has 1 aromatic heterocycles. The smallest absolute Gasteiger partial charge is 0.242 e. The normalized spacial score (nSPS) is 12.0. The Morgan fingerprint density at radius 3 is 2.72 bits per heavy atom. The summed E-state index contributed by atoms with van der Waals surface area (Å²) in [6.07, 6.45) is 0. The number of benzene rings is 2. The molecule has 3 aromatic rings. The van der Waals surface area contributed by atoms with E-state index in [2.05, 4.69) is 10.3 Å². The molecule has 25 heavy (non-hydrogen) atoms. The van der Waals surface area contributed by atoms with E-state index in [1.807, 2.05) is 62.5 Å². The number of rotatable bonds is 6. The van der Waals surface area contributed by atoms with E-state index in [0.29, 0.717) is 0 Å². The lowest BCUT2D eigenvalue weighted by Gasteiger charge is -2.23. The van der Waals surface area contributed by atoms with Crippen molar-refractivity contribution in [2.75, 3.05) is 26.0 Å². The minimum atomic E-state index is -0.0793. The van der Waals surface area contributed by atoms with E-state index >= 15 is 0 Å². The Morgan fingerprint density at radius 2 is 1.96 bits per heavy atom. The summed E-state index contributed by atoms with van der Waals surface area (Å²) < 4.78 is 6.43. The zero-order valence-corrected chi connectivity index (χ0v) is 15.3. The highest BCUT2D eigenvalue weighted by Gasteiger charge is 2.20. The van der Waals surface area contributed by atoms with Crippen molar-refractivity contribution in [2.24, 2.45) is 0 Å². The molecule has 130 valence electrons. The van der Waals surface area contributed by atoms with Crippen LogP contribution in [0.3, 0.4) is 0 Å². The highest BCUT2D eigenvalue weighted by atomic mass is 32.1. The number of carbonyl (C=O) groups is 1. The second kappa shape index (κ2) is 7.53. The SMILES string of the molecule is COc1ccccc1NCC(=O)N(C)[C@@H](C)c1nc2ccccc2s1. The van der Waals surface area contributed by atoms with Gasteiger partial charge in [0.15, 0.2) is 0 Å². The van der Waals surface area contributed by atoms with E-state index in [-0.39, 0.29) is 18.5 Å². The number of carbonyl (C=O) groups excluding carboxylic acids is 1. The summed E-state index contributed by atoms with van der Waals surface area (Å²) in [4.78, 5) is 18.9. The molecule has 0 spiro atoms. The van der Waals surface area contributed by atoms with Crippen LogP contribution in [0.25, 0.3) is 10.2 Å². The predicted molar refractivity (Wildman–Crippen MR) is 102 cm³/mol. The topological polar surface area (TPSA) is 54.5 Å². The van der Waals surface area contributed by atoms with E-state index in [0.717, 1.165) is 26.7 Å². The number of anilines is 1. The number of methoxy groups -OCH3 is 1. The molecule has 0 radical (unpaired) electrons. The average Bonchev–Trinajstić information content (AvgIpc) is 3.09. The second-order valence-electron chi connectivity index (χ2n) is 5.75. The maximum absolute atomic E-state index is 12.5. The van der Waals surface area contributed by atoms with Gasteiger partial charge in [0.2, 0.25) is 5.91 Å². The van der Waals surface area contributed by atoms with Crippen LogP contribution in [0.2, 0.25) is 0 Å². The lowest BCUT2D eigenvalue weighted by molar-refractivity contribution is -0.129. The van der Waals surface area contributed by atoms with Crippen molar-refractivity contribution in [3.63, 3.8) is 0 Å². The molecule has 6 heteroatoms. The molecular weight excluding hydrogens is 334 g/mol. The number of hydrogen-bond acceptors (Lipinski definition) is 5. The maximum atomic E-state index is 12.5. The van der Waals surface area contributed by atoms with Gasteiger partial charge in [-0.3, -0.25) is 4.79 Å². The zero-order valence-electron chi connectivity index (χ0n) is 14.5. The fraction of sp³-hybridized carbons (Fsp3) is 0.263. The van der Waals surface area contributed by atoms with E-state index in [4.69, 9.17) is 4.74 Å². The van der Waals surface area contributed by atoms with Crippen LogP contribution in [-0.2, 0) is 4.79 Å². The number of likely N-dealkylation sites (N-methyl/N-ethyl adjacent to an activating group) is 1. The Bertz CT molecular complexity index is 845. The van der Waals surface area contributed by atoms with E-state index < -0.39 is 0 Å². The fourth-order valence-corrected chi connectivity index (χ4v) is 3.60. The van der Waals surface area contributed by atoms with Gasteiger partial charge in [0.05, 0.1) is 35.6 Å². The molecule has 0 aliphatic rings. The summed E-state index contributed by atoms with van der Waals surface area (Å²) in [5.74, 6) is 0.717. The summed E-state index contributed by atoms with van der Waals surface area (Å²) in [5, 5.41) is 4.08. The van der Waals surface area contributed by atoms with Crippen LogP contribution in [0.4, 0.5) is 5.69 Å². The number of fused-ring (bicyclic) bond motifs is 1. The van der Waals surface area contributed by atoms with Crippen molar-refractivity contribution < 1.29 is 9.53 Å². The number of aromatic nitrogens is 1. The molecule has 0 aliphatic heterocycles. The van der Waals surface area contributed by atoms with Gasteiger partial charge in [-0.1, -0.05) is 24.3 Å². The van der Waals surface area contributed by atoms with Gasteiger partial charge in [-0.15, -0.1) is 11.3 Å². The van der Waals surface area contributed by atoms with E-state index in [1.54, 1.807) is 23.3 Å². The number of hydrogen-bond donors (Lipinski definition) is 1. The lowest BCUT2D eigenvalue weighted by Crippen LogP contribution is -2.34. The second-order valence-corrected chi connectivity index (χ2v) is 6.82. The zero-order chi connectivity index (χ0) is 17.8. The van der Waals surface area contributed by atoms with Crippen LogP contribution >= 0.6 is 11.3 Å². The highest BCUT2D eigenvalue weighted by Crippen LogP contribution is 2.29. The lowest BCUT2D eigenvalue weighted by atomic mass is 10.2. The standard InChI is InChI=1S/C19H21N3O2S/c1-13(19-21-15-9-5-7-11-17(15)25-19)22(2)18(23)12-20-14-8-4-6-10-16(14)24-3/h4-11,13,20H,12H2,1-3H3/t13-/m0/s1. The number of para-hydroxylation sites is 3. The first kappa shape index (κ1) is 17.2. The van der Waals surface area contributed by atoms with Crippen molar-refractivity contribution in [3.05, 3.63) is 53.5 Å². The molecule has 1 heterocycles. The minimum Gasteiger partial charge on any atom is -0.495 e. The van der Waals surface area contributed by atoms with Crippen LogP contribution in [0.15, 0.2) is 48.5 Å². The Morgan fingerprint density at radius 1 is 1.24 bits per heavy atom. The molecule has 0 unspecified atom stereocenters. The van der Waals surface area contributed by atoms with Crippen LogP contribution in [0.5, 0.6) is 5.75 Å². The van der Waals surface area contributed by atoms with Crippen LogP contribution in [0, 0.1) is 0 Å². The largest absolute Gasteiger partial charge is 0.495 e. The van der Waals surface area contributed by atoms with E-state index in [1.165, 1.54) is 0 Å². The number of ether oxygens (including phenoxy) is 1. The minimum absolute atomic E-state index is 0.00216. The first-order valence-corrected chi connectivity index (χ1v) is 8.90. The fourth-order valence-electron chi connectivity index (χ4n) is 2.54. The molecule has 1 amide bonds. The molecule has 5 nitrogen and oxygen atoms in total. The Hall–Kier alpha value is -2.60. The maximum Gasteiger partial charge on any atom is 0.242 e. The van der Waals surface area contributed by atoms with Gasteiger partial charge in [0, 0.05) is 7.05 Å². The number of amides is 1. The quantitative estimate of drug-likeness (QED) is 0.728. The van der Waals surface area contributed by atoms with Gasteiger partial charge in [0.1, 0.15) is 10.8 Å². The van der Waals surface area contributed by atoms with Gasteiger partial charge < -0.3 is 15.0 Å². The predicted octanol–water partition coefficient (Wildman–Crippen LogP) is 3.94. The third kappa shape index (κ3) is 3.74. The molecule has 0 fully saturated rings. The molecule has 0 bridgehead atoms. The number of thiazole rings is 1. The molecule has 1 atom stereocenters. The molecular formula is C19H21N3O2S. The molecule has 0 saturated heterocycles. The molecule has 1 N–H and O–H groups in total. The third-order valence-corrected chi connectivity index (χ3v) is 5.39. The Labute approximate surface area is 151 Å². The molecule has 0 saturated carbocycles. The summed E-state index contributed by atoms with van der Waals surface area (Å²) in [6, 6.07) is 15.5. The monoisotopic (exact) mass is 355 g/mol.